The molecule has 1 saturated carbocycles. The molecule has 164 valence electrons. The maximum atomic E-state index is 13.1. The minimum Gasteiger partial charge on any atom is -0.426 e. The highest BCUT2D eigenvalue weighted by molar-refractivity contribution is 6.43. The Morgan fingerprint density at radius 1 is 1.06 bits per heavy atom. The third kappa shape index (κ3) is 6.71. The van der Waals surface area contributed by atoms with E-state index in [1.54, 1.807) is 6.07 Å². The number of carbonyl (C=O) groups is 2. The van der Waals surface area contributed by atoms with Crippen molar-refractivity contribution in [1.29, 1.82) is 0 Å². The van der Waals surface area contributed by atoms with Gasteiger partial charge in [0.15, 0.2) is 0 Å². The second-order valence-electron chi connectivity index (χ2n) is 7.90. The summed E-state index contributed by atoms with van der Waals surface area (Å²) in [6.45, 7) is 0. The number of benzene rings is 2. The van der Waals surface area contributed by atoms with Gasteiger partial charge >= 0.3 is 7.12 Å². The van der Waals surface area contributed by atoms with Crippen molar-refractivity contribution in [2.75, 3.05) is 0 Å². The van der Waals surface area contributed by atoms with Crippen molar-refractivity contribution in [2.24, 2.45) is 5.92 Å². The highest BCUT2D eigenvalue weighted by atomic mass is 35.5. The van der Waals surface area contributed by atoms with Gasteiger partial charge in [-0.1, -0.05) is 72.8 Å². The van der Waals surface area contributed by atoms with Crippen LogP contribution >= 0.6 is 23.2 Å². The maximum Gasteiger partial charge on any atom is 0.475 e. The normalized spacial score (nSPS) is 15.5. The lowest BCUT2D eigenvalue weighted by Gasteiger charge is -2.30. The zero-order chi connectivity index (χ0) is 22.4. The Morgan fingerprint density at radius 3 is 2.39 bits per heavy atom. The van der Waals surface area contributed by atoms with E-state index in [9.17, 15) is 19.6 Å². The van der Waals surface area contributed by atoms with E-state index in [1.165, 1.54) is 12.1 Å². The Balaban J connectivity index is 1.76. The number of halogens is 2. The van der Waals surface area contributed by atoms with Gasteiger partial charge in [0.2, 0.25) is 5.91 Å². The van der Waals surface area contributed by atoms with E-state index in [0.29, 0.717) is 17.4 Å². The van der Waals surface area contributed by atoms with E-state index in [4.69, 9.17) is 23.2 Å². The van der Waals surface area contributed by atoms with E-state index in [-0.39, 0.29) is 17.0 Å². The zero-order valence-electron chi connectivity index (χ0n) is 16.9. The Kier molecular flexibility index (Phi) is 8.38. The molecule has 31 heavy (non-hydrogen) atoms. The molecule has 0 saturated heterocycles. The highest BCUT2D eigenvalue weighted by Gasteiger charge is 2.33. The van der Waals surface area contributed by atoms with Gasteiger partial charge in [-0.3, -0.25) is 9.59 Å². The van der Waals surface area contributed by atoms with Crippen molar-refractivity contribution in [2.45, 2.75) is 44.1 Å². The first-order valence-electron chi connectivity index (χ1n) is 10.3. The number of hydrogen-bond donors (Lipinski definition) is 4. The summed E-state index contributed by atoms with van der Waals surface area (Å²) in [4.78, 5) is 25.9. The van der Waals surface area contributed by atoms with Gasteiger partial charge in [-0.15, -0.1) is 0 Å². The van der Waals surface area contributed by atoms with Crippen molar-refractivity contribution in [3.63, 3.8) is 0 Å². The molecule has 1 aliphatic carbocycles. The number of hydrogen-bond acceptors (Lipinski definition) is 4. The minimum absolute atomic E-state index is 0.160. The maximum absolute atomic E-state index is 13.1. The Labute approximate surface area is 192 Å². The molecule has 0 unspecified atom stereocenters. The molecule has 9 heteroatoms. The monoisotopic (exact) mass is 462 g/mol. The number of rotatable bonds is 9. The van der Waals surface area contributed by atoms with Crippen LogP contribution in [0.4, 0.5) is 0 Å². The largest absolute Gasteiger partial charge is 0.475 e. The third-order valence-electron chi connectivity index (χ3n) is 5.58. The third-order valence-corrected chi connectivity index (χ3v) is 6.14. The predicted octanol–water partition coefficient (Wildman–Crippen LogP) is 3.02. The molecule has 1 fully saturated rings. The molecule has 1 aliphatic rings. The van der Waals surface area contributed by atoms with Gasteiger partial charge in [0.1, 0.15) is 6.04 Å². The number of amides is 2. The molecule has 6 nitrogen and oxygen atoms in total. The summed E-state index contributed by atoms with van der Waals surface area (Å²) in [6.07, 6.45) is 3.84. The first-order chi connectivity index (χ1) is 14.8. The summed E-state index contributed by atoms with van der Waals surface area (Å²) in [5, 5.41) is 25.5. The number of carbonyl (C=O) groups excluding carboxylic acids is 2. The van der Waals surface area contributed by atoms with E-state index in [1.807, 2.05) is 30.3 Å². The lowest BCUT2D eigenvalue weighted by molar-refractivity contribution is -0.123. The smallest absolute Gasteiger partial charge is 0.426 e. The van der Waals surface area contributed by atoms with Crippen molar-refractivity contribution in [3.05, 3.63) is 69.7 Å². The lowest BCUT2D eigenvalue weighted by Crippen LogP contribution is -2.55. The first-order valence-corrected chi connectivity index (χ1v) is 11.1. The van der Waals surface area contributed by atoms with Crippen LogP contribution < -0.4 is 10.6 Å². The molecule has 2 aromatic carbocycles. The van der Waals surface area contributed by atoms with E-state index < -0.39 is 30.9 Å². The molecule has 2 amide bonds. The quantitative estimate of drug-likeness (QED) is 0.430. The highest BCUT2D eigenvalue weighted by Crippen LogP contribution is 2.30. The average Bonchev–Trinajstić information content (AvgIpc) is 2.71. The summed E-state index contributed by atoms with van der Waals surface area (Å²) in [7, 11) is -1.68. The molecule has 0 heterocycles. The molecule has 0 bridgehead atoms. The second kappa shape index (κ2) is 11.0. The van der Waals surface area contributed by atoms with Crippen LogP contribution in [0.5, 0.6) is 0 Å². The molecule has 0 aliphatic heterocycles. The van der Waals surface area contributed by atoms with Crippen LogP contribution in [0.3, 0.4) is 0 Å². The van der Waals surface area contributed by atoms with Gasteiger partial charge in [-0.25, -0.2) is 0 Å². The zero-order valence-corrected chi connectivity index (χ0v) is 18.4. The standard InChI is InChI=1S/C22H25BCl2N2O4/c24-16-9-10-18(25)17(13-16)21(28)26-19(11-14-5-2-1-3-6-14)22(29)27-20(23(30)31)12-15-7-4-8-15/h1-3,5-6,9-10,13,15,19-20,30-31H,4,7-8,11-12H2,(H,26,28)(H,27,29)/t19-,20-/m0/s1. The molecular weight excluding hydrogens is 438 g/mol. The van der Waals surface area contributed by atoms with Crippen molar-refractivity contribution in [3.8, 4) is 0 Å². The van der Waals surface area contributed by atoms with Crippen LogP contribution in [0, 0.1) is 5.92 Å². The van der Waals surface area contributed by atoms with Gasteiger partial charge in [0.05, 0.1) is 16.5 Å². The fourth-order valence-corrected chi connectivity index (χ4v) is 3.97. The number of nitrogens with one attached hydrogen (secondary N) is 2. The van der Waals surface area contributed by atoms with Crippen LogP contribution in [0.15, 0.2) is 48.5 Å². The van der Waals surface area contributed by atoms with Crippen molar-refractivity contribution >= 4 is 42.1 Å². The Hall–Kier alpha value is -2.06. The van der Waals surface area contributed by atoms with Crippen LogP contribution in [0.1, 0.15) is 41.6 Å². The molecular formula is C22H25BCl2N2O4. The molecule has 3 rings (SSSR count). The Bertz CT molecular complexity index is 910. The molecule has 4 N–H and O–H groups in total. The average molecular weight is 463 g/mol. The van der Waals surface area contributed by atoms with Gasteiger partial charge in [0, 0.05) is 11.4 Å². The molecule has 2 atom stereocenters. The molecule has 0 spiro atoms. The van der Waals surface area contributed by atoms with E-state index in [0.717, 1.165) is 24.8 Å². The SMILES string of the molecule is O=C(N[C@@H](Cc1ccccc1)C(=O)N[C@@H](CC1CCC1)B(O)O)c1cc(Cl)ccc1Cl. The minimum atomic E-state index is -1.68. The Morgan fingerprint density at radius 2 is 1.77 bits per heavy atom. The lowest BCUT2D eigenvalue weighted by atomic mass is 9.69. The second-order valence-corrected chi connectivity index (χ2v) is 8.74. The van der Waals surface area contributed by atoms with Gasteiger partial charge in [-0.05, 0) is 36.1 Å². The fraction of sp³-hybridized carbons (Fsp3) is 0.364. The summed E-state index contributed by atoms with van der Waals surface area (Å²) in [5.74, 6) is -1.47. The van der Waals surface area contributed by atoms with E-state index in [2.05, 4.69) is 10.6 Å². The molecule has 0 aromatic heterocycles. The van der Waals surface area contributed by atoms with Crippen LogP contribution in [0.25, 0.3) is 0 Å². The van der Waals surface area contributed by atoms with Crippen LogP contribution in [0.2, 0.25) is 10.0 Å². The summed E-state index contributed by atoms with van der Waals surface area (Å²) in [6, 6.07) is 12.8. The fourth-order valence-electron chi connectivity index (χ4n) is 3.59. The van der Waals surface area contributed by atoms with Crippen molar-refractivity contribution < 1.29 is 19.6 Å². The topological polar surface area (TPSA) is 98.7 Å². The molecule has 2 aromatic rings. The van der Waals surface area contributed by atoms with Crippen molar-refractivity contribution in [1.82, 2.24) is 10.6 Å². The summed E-state index contributed by atoms with van der Waals surface area (Å²) < 4.78 is 0. The summed E-state index contributed by atoms with van der Waals surface area (Å²) in [5.41, 5.74) is 1.01. The molecule has 0 radical (unpaired) electrons. The predicted molar refractivity (Wildman–Crippen MR) is 122 cm³/mol. The van der Waals surface area contributed by atoms with Crippen LogP contribution in [-0.4, -0.2) is 41.0 Å². The first kappa shape index (κ1) is 23.6. The summed E-state index contributed by atoms with van der Waals surface area (Å²) >= 11 is 12.1. The van der Waals surface area contributed by atoms with Gasteiger partial charge in [0.25, 0.3) is 5.91 Å². The van der Waals surface area contributed by atoms with Crippen LogP contribution in [-0.2, 0) is 11.2 Å². The van der Waals surface area contributed by atoms with Gasteiger partial charge < -0.3 is 20.7 Å². The van der Waals surface area contributed by atoms with E-state index >= 15 is 0 Å². The van der Waals surface area contributed by atoms with Gasteiger partial charge in [-0.2, -0.15) is 0 Å².